The second kappa shape index (κ2) is 7.99. The van der Waals surface area contributed by atoms with E-state index in [0.29, 0.717) is 16.5 Å². The fraction of sp³-hybridized carbons (Fsp3) is 0.278. The molecule has 0 saturated carbocycles. The Morgan fingerprint density at radius 2 is 1.96 bits per heavy atom. The first kappa shape index (κ1) is 17.3. The van der Waals surface area contributed by atoms with Gasteiger partial charge in [0.1, 0.15) is 5.75 Å². The Kier molecular flexibility index (Phi) is 6.02. The summed E-state index contributed by atoms with van der Waals surface area (Å²) in [4.78, 5) is 14.3. The number of carbonyl (C=O) groups excluding carboxylic acids is 1. The quantitative estimate of drug-likeness (QED) is 0.870. The van der Waals surface area contributed by atoms with Crippen LogP contribution in [0.3, 0.4) is 0 Å². The Morgan fingerprint density at radius 3 is 2.61 bits per heavy atom. The molecular formula is C18H21ClN2O2. The molecule has 0 aromatic heterocycles. The fourth-order valence-corrected chi connectivity index (χ4v) is 2.49. The number of ether oxygens (including phenoxy) is 1. The number of likely N-dealkylation sites (N-methyl/N-ethyl adjacent to an activating group) is 1. The molecule has 0 aliphatic rings. The smallest absolute Gasteiger partial charge is 0.238 e. The van der Waals surface area contributed by atoms with Gasteiger partial charge in [0, 0.05) is 11.1 Å². The van der Waals surface area contributed by atoms with Gasteiger partial charge in [0.2, 0.25) is 5.91 Å². The van der Waals surface area contributed by atoms with Gasteiger partial charge in [0.25, 0.3) is 0 Å². The second-order valence-electron chi connectivity index (χ2n) is 5.39. The summed E-state index contributed by atoms with van der Waals surface area (Å²) >= 11 is 5.98. The third-order valence-corrected chi connectivity index (χ3v) is 4.01. The molecule has 5 heteroatoms. The molecule has 0 saturated heterocycles. The van der Waals surface area contributed by atoms with E-state index in [-0.39, 0.29) is 18.5 Å². The molecule has 0 aliphatic carbocycles. The summed E-state index contributed by atoms with van der Waals surface area (Å²) in [7, 11) is 3.48. The topological polar surface area (TPSA) is 41.6 Å². The molecule has 0 fully saturated rings. The number of anilines is 1. The van der Waals surface area contributed by atoms with E-state index in [1.807, 2.05) is 30.1 Å². The van der Waals surface area contributed by atoms with E-state index in [1.165, 1.54) is 5.56 Å². The first-order valence-electron chi connectivity index (χ1n) is 7.40. The van der Waals surface area contributed by atoms with Gasteiger partial charge in [-0.15, -0.1) is 0 Å². The van der Waals surface area contributed by atoms with Crippen molar-refractivity contribution in [3.05, 3.63) is 59.1 Å². The maximum Gasteiger partial charge on any atom is 0.238 e. The SMILES string of the molecule is COc1ccc(Cl)cc1NC(=O)CN(C)[C@H](C)c1ccccc1. The molecule has 0 aliphatic heterocycles. The van der Waals surface area contributed by atoms with Crippen molar-refractivity contribution < 1.29 is 9.53 Å². The summed E-state index contributed by atoms with van der Waals surface area (Å²) in [5.74, 6) is 0.470. The standard InChI is InChI=1S/C18H21ClN2O2/c1-13(14-7-5-4-6-8-14)21(2)12-18(22)20-16-11-15(19)9-10-17(16)23-3/h4-11,13H,12H2,1-3H3,(H,20,22)/t13-/m1/s1. The van der Waals surface area contributed by atoms with E-state index in [2.05, 4.69) is 24.4 Å². The number of hydrogen-bond donors (Lipinski definition) is 1. The van der Waals surface area contributed by atoms with Crippen LogP contribution in [0.2, 0.25) is 5.02 Å². The van der Waals surface area contributed by atoms with Crippen LogP contribution in [0.5, 0.6) is 5.75 Å². The molecule has 122 valence electrons. The van der Waals surface area contributed by atoms with Gasteiger partial charge < -0.3 is 10.1 Å². The minimum absolute atomic E-state index is 0.115. The van der Waals surface area contributed by atoms with Gasteiger partial charge in [-0.05, 0) is 37.7 Å². The van der Waals surface area contributed by atoms with Crippen molar-refractivity contribution in [1.82, 2.24) is 4.90 Å². The zero-order valence-electron chi connectivity index (χ0n) is 13.5. The minimum atomic E-state index is -0.115. The molecule has 2 aromatic carbocycles. The van der Waals surface area contributed by atoms with Crippen LogP contribution in [0.25, 0.3) is 0 Å². The van der Waals surface area contributed by atoms with Gasteiger partial charge in [-0.25, -0.2) is 0 Å². The number of nitrogens with zero attached hydrogens (tertiary/aromatic N) is 1. The number of carbonyl (C=O) groups is 1. The first-order valence-corrected chi connectivity index (χ1v) is 7.77. The lowest BCUT2D eigenvalue weighted by molar-refractivity contribution is -0.117. The maximum absolute atomic E-state index is 12.3. The lowest BCUT2D eigenvalue weighted by atomic mass is 10.1. The van der Waals surface area contributed by atoms with Crippen LogP contribution < -0.4 is 10.1 Å². The molecular weight excluding hydrogens is 312 g/mol. The molecule has 0 bridgehead atoms. The third kappa shape index (κ3) is 4.71. The normalized spacial score (nSPS) is 12.0. The molecule has 2 rings (SSSR count). The van der Waals surface area contributed by atoms with Gasteiger partial charge in [-0.3, -0.25) is 9.69 Å². The molecule has 0 radical (unpaired) electrons. The Labute approximate surface area is 142 Å². The molecule has 0 heterocycles. The molecule has 0 unspecified atom stereocenters. The summed E-state index contributed by atoms with van der Waals surface area (Å²) in [6.45, 7) is 2.34. The van der Waals surface area contributed by atoms with E-state index < -0.39 is 0 Å². The van der Waals surface area contributed by atoms with Crippen LogP contribution in [0.1, 0.15) is 18.5 Å². The average Bonchev–Trinajstić information content (AvgIpc) is 2.55. The highest BCUT2D eigenvalue weighted by atomic mass is 35.5. The van der Waals surface area contributed by atoms with Crippen LogP contribution in [0, 0.1) is 0 Å². The lowest BCUT2D eigenvalue weighted by Crippen LogP contribution is -2.32. The van der Waals surface area contributed by atoms with E-state index in [4.69, 9.17) is 16.3 Å². The van der Waals surface area contributed by atoms with Crippen LogP contribution >= 0.6 is 11.6 Å². The highest BCUT2D eigenvalue weighted by Crippen LogP contribution is 2.27. The number of benzene rings is 2. The van der Waals surface area contributed by atoms with Crippen molar-refractivity contribution in [2.24, 2.45) is 0 Å². The predicted octanol–water partition coefficient (Wildman–Crippen LogP) is 3.98. The molecule has 1 N–H and O–H groups in total. The van der Waals surface area contributed by atoms with Gasteiger partial charge >= 0.3 is 0 Å². The molecule has 2 aromatic rings. The second-order valence-corrected chi connectivity index (χ2v) is 5.83. The van der Waals surface area contributed by atoms with Gasteiger partial charge in [0.05, 0.1) is 19.3 Å². The van der Waals surface area contributed by atoms with Crippen molar-refractivity contribution in [2.45, 2.75) is 13.0 Å². The molecule has 4 nitrogen and oxygen atoms in total. The monoisotopic (exact) mass is 332 g/mol. The van der Waals surface area contributed by atoms with Gasteiger partial charge in [-0.2, -0.15) is 0 Å². The van der Waals surface area contributed by atoms with Crippen LogP contribution in [-0.2, 0) is 4.79 Å². The van der Waals surface area contributed by atoms with Gasteiger partial charge in [0.15, 0.2) is 0 Å². The predicted molar refractivity (Wildman–Crippen MR) is 94.1 cm³/mol. The Balaban J connectivity index is 2.01. The number of hydrogen-bond acceptors (Lipinski definition) is 3. The summed E-state index contributed by atoms with van der Waals surface area (Å²) in [6, 6.07) is 15.4. The van der Waals surface area contributed by atoms with Crippen molar-refractivity contribution >= 4 is 23.2 Å². The zero-order valence-corrected chi connectivity index (χ0v) is 14.3. The number of methoxy groups -OCH3 is 1. The first-order chi connectivity index (χ1) is 11.0. The largest absolute Gasteiger partial charge is 0.495 e. The lowest BCUT2D eigenvalue weighted by Gasteiger charge is -2.24. The molecule has 1 atom stereocenters. The van der Waals surface area contributed by atoms with E-state index in [0.717, 1.165) is 0 Å². The highest BCUT2D eigenvalue weighted by molar-refractivity contribution is 6.31. The minimum Gasteiger partial charge on any atom is -0.495 e. The van der Waals surface area contributed by atoms with Crippen molar-refractivity contribution in [3.63, 3.8) is 0 Å². The number of nitrogens with one attached hydrogen (secondary N) is 1. The number of rotatable bonds is 6. The molecule has 1 amide bonds. The van der Waals surface area contributed by atoms with Crippen LogP contribution in [-0.4, -0.2) is 31.5 Å². The number of amides is 1. The maximum atomic E-state index is 12.3. The van der Waals surface area contributed by atoms with Crippen molar-refractivity contribution in [3.8, 4) is 5.75 Å². The van der Waals surface area contributed by atoms with Gasteiger partial charge in [-0.1, -0.05) is 41.9 Å². The fourth-order valence-electron chi connectivity index (χ4n) is 2.32. The molecule has 23 heavy (non-hydrogen) atoms. The van der Waals surface area contributed by atoms with E-state index in [9.17, 15) is 4.79 Å². The third-order valence-electron chi connectivity index (χ3n) is 3.77. The number of halogens is 1. The summed E-state index contributed by atoms with van der Waals surface area (Å²) in [5.41, 5.74) is 1.74. The summed E-state index contributed by atoms with van der Waals surface area (Å²) in [6.07, 6.45) is 0. The van der Waals surface area contributed by atoms with Crippen LogP contribution in [0.15, 0.2) is 48.5 Å². The van der Waals surface area contributed by atoms with Crippen LogP contribution in [0.4, 0.5) is 5.69 Å². The zero-order chi connectivity index (χ0) is 16.8. The highest BCUT2D eigenvalue weighted by Gasteiger charge is 2.16. The van der Waals surface area contributed by atoms with Crippen molar-refractivity contribution in [2.75, 3.05) is 26.0 Å². The Hall–Kier alpha value is -2.04. The van der Waals surface area contributed by atoms with E-state index in [1.54, 1.807) is 25.3 Å². The Bertz CT molecular complexity index is 661. The van der Waals surface area contributed by atoms with Crippen molar-refractivity contribution in [1.29, 1.82) is 0 Å². The Morgan fingerprint density at radius 1 is 1.26 bits per heavy atom. The van der Waals surface area contributed by atoms with E-state index >= 15 is 0 Å². The molecule has 0 spiro atoms. The summed E-state index contributed by atoms with van der Waals surface area (Å²) in [5, 5.41) is 3.40. The average molecular weight is 333 g/mol. The summed E-state index contributed by atoms with van der Waals surface area (Å²) < 4.78 is 5.24.